The molecule has 2 aliphatic rings. The predicted molar refractivity (Wildman–Crippen MR) is 75.7 cm³/mol. The molecule has 2 fully saturated rings. The average Bonchev–Trinajstić information content (AvgIpc) is 2.93. The van der Waals surface area contributed by atoms with Crippen LogP contribution in [0.3, 0.4) is 0 Å². The Balaban J connectivity index is 1.85. The number of rotatable bonds is 5. The van der Waals surface area contributed by atoms with Crippen molar-refractivity contribution < 1.29 is 8.42 Å². The van der Waals surface area contributed by atoms with E-state index in [-0.39, 0.29) is 10.6 Å². The second-order valence-corrected chi connectivity index (χ2v) is 8.17. The van der Waals surface area contributed by atoms with Crippen LogP contribution < -0.4 is 5.32 Å². The number of hydrogen-bond donors (Lipinski definition) is 2. The lowest BCUT2D eigenvalue weighted by atomic mass is 10.0. The zero-order chi connectivity index (χ0) is 14.4. The monoisotopic (exact) mass is 298 g/mol. The molecule has 2 heterocycles. The van der Waals surface area contributed by atoms with Gasteiger partial charge in [-0.3, -0.25) is 5.10 Å². The molecule has 20 heavy (non-hydrogen) atoms. The second-order valence-electron chi connectivity index (χ2n) is 6.37. The summed E-state index contributed by atoms with van der Waals surface area (Å²) < 4.78 is 27.2. The van der Waals surface area contributed by atoms with E-state index in [1.807, 2.05) is 13.8 Å². The van der Waals surface area contributed by atoms with Crippen molar-refractivity contribution in [3.05, 3.63) is 11.8 Å². The minimum atomic E-state index is -3.49. The summed E-state index contributed by atoms with van der Waals surface area (Å²) in [7, 11) is -3.49. The summed E-state index contributed by atoms with van der Waals surface area (Å²) in [6.07, 6.45) is 5.79. The van der Waals surface area contributed by atoms with Crippen molar-refractivity contribution in [2.75, 3.05) is 6.54 Å². The minimum Gasteiger partial charge on any atom is -0.310 e. The molecule has 1 aromatic rings. The molecular weight excluding hydrogens is 276 g/mol. The van der Waals surface area contributed by atoms with E-state index in [4.69, 9.17) is 0 Å². The number of sulfonamides is 1. The van der Waals surface area contributed by atoms with E-state index < -0.39 is 10.0 Å². The molecule has 3 rings (SSSR count). The molecule has 0 spiro atoms. The van der Waals surface area contributed by atoms with Gasteiger partial charge < -0.3 is 5.32 Å². The van der Waals surface area contributed by atoms with Crippen molar-refractivity contribution in [2.45, 2.75) is 62.7 Å². The zero-order valence-corrected chi connectivity index (χ0v) is 12.8. The maximum absolute atomic E-state index is 12.8. The second kappa shape index (κ2) is 4.82. The Morgan fingerprint density at radius 2 is 2.25 bits per heavy atom. The first-order valence-corrected chi connectivity index (χ1v) is 8.64. The summed E-state index contributed by atoms with van der Waals surface area (Å²) in [6, 6.07) is 0.545. The number of nitrogens with one attached hydrogen (secondary N) is 2. The number of nitrogens with zero attached hydrogens (tertiary/aromatic N) is 2. The minimum absolute atomic E-state index is 0.251. The highest BCUT2D eigenvalue weighted by Gasteiger charge is 2.42. The molecule has 0 atom stereocenters. The third kappa shape index (κ3) is 2.49. The first-order valence-electron chi connectivity index (χ1n) is 7.20. The molecule has 0 radical (unpaired) electrons. The Morgan fingerprint density at radius 3 is 2.85 bits per heavy atom. The van der Waals surface area contributed by atoms with E-state index in [2.05, 4.69) is 15.5 Å². The average molecular weight is 298 g/mol. The highest BCUT2D eigenvalue weighted by molar-refractivity contribution is 7.89. The fraction of sp³-hybridized carbons (Fsp3) is 0.769. The quantitative estimate of drug-likeness (QED) is 0.857. The molecule has 0 unspecified atom stereocenters. The molecule has 7 heteroatoms. The van der Waals surface area contributed by atoms with Gasteiger partial charge in [0.25, 0.3) is 10.0 Å². The van der Waals surface area contributed by atoms with Crippen molar-refractivity contribution in [3.63, 3.8) is 0 Å². The van der Waals surface area contributed by atoms with Crippen molar-refractivity contribution in [3.8, 4) is 0 Å². The van der Waals surface area contributed by atoms with Crippen LogP contribution in [0.25, 0.3) is 0 Å². The molecule has 2 N–H and O–H groups in total. The lowest BCUT2D eigenvalue weighted by Crippen LogP contribution is -2.43. The Labute approximate surface area is 120 Å². The summed E-state index contributed by atoms with van der Waals surface area (Å²) in [5.74, 6) is 0. The van der Waals surface area contributed by atoms with Gasteiger partial charge in [-0.25, -0.2) is 8.42 Å². The van der Waals surface area contributed by atoms with Crippen LogP contribution in [0, 0.1) is 0 Å². The highest BCUT2D eigenvalue weighted by atomic mass is 32.2. The molecule has 1 aliphatic heterocycles. The van der Waals surface area contributed by atoms with Crippen LogP contribution in [-0.4, -0.2) is 41.0 Å². The fourth-order valence-electron chi connectivity index (χ4n) is 2.83. The van der Waals surface area contributed by atoms with Gasteiger partial charge in [0, 0.05) is 30.2 Å². The molecule has 0 amide bonds. The van der Waals surface area contributed by atoms with Crippen LogP contribution in [0.1, 0.15) is 45.1 Å². The van der Waals surface area contributed by atoms with Crippen LogP contribution in [0.2, 0.25) is 0 Å². The molecule has 1 aromatic heterocycles. The van der Waals surface area contributed by atoms with Crippen molar-refractivity contribution in [2.24, 2.45) is 0 Å². The summed E-state index contributed by atoms with van der Waals surface area (Å²) in [6.45, 7) is 5.11. The first kappa shape index (κ1) is 14.0. The van der Waals surface area contributed by atoms with Crippen LogP contribution in [0.4, 0.5) is 0 Å². The van der Waals surface area contributed by atoms with Gasteiger partial charge in [-0.1, -0.05) is 0 Å². The van der Waals surface area contributed by atoms with Gasteiger partial charge in [-0.2, -0.15) is 9.40 Å². The van der Waals surface area contributed by atoms with Crippen molar-refractivity contribution in [1.29, 1.82) is 0 Å². The largest absolute Gasteiger partial charge is 0.310 e. The topological polar surface area (TPSA) is 78.1 Å². The lowest BCUT2D eigenvalue weighted by molar-refractivity contribution is 0.290. The smallest absolute Gasteiger partial charge is 0.260 e. The Bertz CT molecular complexity index is 589. The molecule has 0 aromatic carbocycles. The Morgan fingerprint density at radius 1 is 1.50 bits per heavy atom. The number of H-pyrrole nitrogens is 1. The summed E-state index contributed by atoms with van der Waals surface area (Å²) in [5, 5.41) is 10.2. The number of aromatic amines is 1. The fourth-order valence-corrected chi connectivity index (χ4v) is 4.78. The van der Waals surface area contributed by atoms with Crippen molar-refractivity contribution >= 4 is 10.0 Å². The van der Waals surface area contributed by atoms with Crippen molar-refractivity contribution in [1.82, 2.24) is 19.8 Å². The molecular formula is C13H22N4O2S. The van der Waals surface area contributed by atoms with Gasteiger partial charge in [0.2, 0.25) is 0 Å². The van der Waals surface area contributed by atoms with Gasteiger partial charge in [-0.05, 0) is 39.5 Å². The van der Waals surface area contributed by atoms with Crippen LogP contribution >= 0.6 is 0 Å². The van der Waals surface area contributed by atoms with E-state index in [0.717, 1.165) is 18.4 Å². The molecule has 1 saturated carbocycles. The molecule has 112 valence electrons. The number of aromatic nitrogens is 2. The van der Waals surface area contributed by atoms with Gasteiger partial charge in [0.1, 0.15) is 0 Å². The van der Waals surface area contributed by atoms with Gasteiger partial charge in [0.15, 0.2) is 5.03 Å². The van der Waals surface area contributed by atoms with Gasteiger partial charge in [0.05, 0.1) is 6.20 Å². The summed E-state index contributed by atoms with van der Waals surface area (Å²) in [4.78, 5) is 0. The number of hydrogen-bond acceptors (Lipinski definition) is 4. The molecule has 1 saturated heterocycles. The van der Waals surface area contributed by atoms with E-state index in [1.165, 1.54) is 12.8 Å². The van der Waals surface area contributed by atoms with E-state index in [0.29, 0.717) is 19.1 Å². The highest BCUT2D eigenvalue weighted by Crippen LogP contribution is 2.34. The van der Waals surface area contributed by atoms with Gasteiger partial charge >= 0.3 is 0 Å². The summed E-state index contributed by atoms with van der Waals surface area (Å²) in [5.41, 5.74) is 0.421. The normalized spacial score (nSPS) is 23.3. The molecule has 0 bridgehead atoms. The van der Waals surface area contributed by atoms with E-state index in [9.17, 15) is 8.42 Å². The zero-order valence-electron chi connectivity index (χ0n) is 12.0. The first-order chi connectivity index (χ1) is 9.41. The third-order valence-corrected chi connectivity index (χ3v) is 6.34. The van der Waals surface area contributed by atoms with Crippen LogP contribution in [0.15, 0.2) is 11.2 Å². The van der Waals surface area contributed by atoms with E-state index in [1.54, 1.807) is 10.5 Å². The van der Waals surface area contributed by atoms with E-state index >= 15 is 0 Å². The third-order valence-electron chi connectivity index (χ3n) is 4.21. The summed E-state index contributed by atoms with van der Waals surface area (Å²) >= 11 is 0. The molecule has 1 aliphatic carbocycles. The Kier molecular flexibility index (Phi) is 3.38. The SMILES string of the molecule is CC1(C)CCCN1S(=O)(=O)c1[nH]ncc1CNC1CC1. The van der Waals surface area contributed by atoms with Gasteiger partial charge in [-0.15, -0.1) is 0 Å². The maximum atomic E-state index is 12.8. The standard InChI is InChI=1S/C13H22N4O2S/c1-13(2)6-3-7-17(13)20(18,19)12-10(9-15-16-12)8-14-11-4-5-11/h9,11,14H,3-8H2,1-2H3,(H,15,16). The Hall–Kier alpha value is -0.920. The maximum Gasteiger partial charge on any atom is 0.260 e. The van der Waals surface area contributed by atoms with Crippen LogP contribution in [-0.2, 0) is 16.6 Å². The molecule has 6 nitrogen and oxygen atoms in total. The van der Waals surface area contributed by atoms with Crippen LogP contribution in [0.5, 0.6) is 0 Å². The predicted octanol–water partition coefficient (Wildman–Crippen LogP) is 1.22. The lowest BCUT2D eigenvalue weighted by Gasteiger charge is -2.30.